The van der Waals surface area contributed by atoms with Gasteiger partial charge in [-0.1, -0.05) is 30.3 Å². The molecule has 0 N–H and O–H groups in total. The predicted octanol–water partition coefficient (Wildman–Crippen LogP) is 2.61. The lowest BCUT2D eigenvalue weighted by molar-refractivity contribution is -0.125. The standard InChI is InChI=1S/C21H22N2O4S/c1-22(2)20(25)14-28-18-10-6-4-8-16(18)21(26)27-13-19(24)23-12-11-15-7-3-5-9-17(15)23/h3-10H,11-14H2,1-2H3. The first-order chi connectivity index (χ1) is 13.5. The van der Waals surface area contributed by atoms with Gasteiger partial charge in [-0.2, -0.15) is 0 Å². The molecule has 0 saturated carbocycles. The van der Waals surface area contributed by atoms with Gasteiger partial charge in [-0.25, -0.2) is 4.79 Å². The summed E-state index contributed by atoms with van der Waals surface area (Å²) >= 11 is 1.27. The second-order valence-corrected chi connectivity index (χ2v) is 7.59. The number of fused-ring (bicyclic) bond motifs is 1. The van der Waals surface area contributed by atoms with E-state index < -0.39 is 5.97 Å². The number of amides is 2. The highest BCUT2D eigenvalue weighted by atomic mass is 32.2. The third-order valence-electron chi connectivity index (χ3n) is 4.47. The van der Waals surface area contributed by atoms with Gasteiger partial charge >= 0.3 is 5.97 Å². The van der Waals surface area contributed by atoms with Crippen molar-refractivity contribution in [3.8, 4) is 0 Å². The number of hydrogen-bond acceptors (Lipinski definition) is 5. The minimum Gasteiger partial charge on any atom is -0.452 e. The second-order valence-electron chi connectivity index (χ2n) is 6.57. The number of ether oxygens (including phenoxy) is 1. The van der Waals surface area contributed by atoms with Gasteiger partial charge in [0.2, 0.25) is 5.91 Å². The van der Waals surface area contributed by atoms with Gasteiger partial charge in [0.1, 0.15) is 0 Å². The number of para-hydroxylation sites is 1. The molecule has 0 spiro atoms. The molecule has 1 heterocycles. The van der Waals surface area contributed by atoms with Gasteiger partial charge < -0.3 is 14.5 Å². The normalized spacial score (nSPS) is 12.4. The molecule has 0 saturated heterocycles. The van der Waals surface area contributed by atoms with Crippen LogP contribution in [0.5, 0.6) is 0 Å². The highest BCUT2D eigenvalue weighted by Crippen LogP contribution is 2.28. The summed E-state index contributed by atoms with van der Waals surface area (Å²) in [5.74, 6) is -0.635. The first-order valence-electron chi connectivity index (χ1n) is 8.94. The van der Waals surface area contributed by atoms with Crippen LogP contribution in [0.3, 0.4) is 0 Å². The van der Waals surface area contributed by atoms with Crippen LogP contribution in [0.4, 0.5) is 5.69 Å². The molecule has 2 aromatic rings. The number of hydrogen-bond donors (Lipinski definition) is 0. The van der Waals surface area contributed by atoms with Crippen molar-refractivity contribution in [2.45, 2.75) is 11.3 Å². The van der Waals surface area contributed by atoms with Crippen LogP contribution in [0.1, 0.15) is 15.9 Å². The maximum Gasteiger partial charge on any atom is 0.339 e. The highest BCUT2D eigenvalue weighted by Gasteiger charge is 2.25. The van der Waals surface area contributed by atoms with Crippen LogP contribution >= 0.6 is 11.8 Å². The predicted molar refractivity (Wildman–Crippen MR) is 109 cm³/mol. The van der Waals surface area contributed by atoms with Gasteiger partial charge in [0.15, 0.2) is 6.61 Å². The summed E-state index contributed by atoms with van der Waals surface area (Å²) < 4.78 is 5.27. The lowest BCUT2D eigenvalue weighted by atomic mass is 10.2. The van der Waals surface area contributed by atoms with E-state index in [-0.39, 0.29) is 24.2 Å². The average molecular weight is 398 g/mol. The SMILES string of the molecule is CN(C)C(=O)CSc1ccccc1C(=O)OCC(=O)N1CCc2ccccc21. The Morgan fingerprint density at radius 2 is 1.79 bits per heavy atom. The van der Waals surface area contributed by atoms with Crippen LogP contribution in [-0.4, -0.2) is 55.7 Å². The summed E-state index contributed by atoms with van der Waals surface area (Å²) in [6.45, 7) is 0.275. The minimum absolute atomic E-state index is 0.0453. The zero-order valence-electron chi connectivity index (χ0n) is 15.9. The van der Waals surface area contributed by atoms with Crippen LogP contribution in [0.15, 0.2) is 53.4 Å². The number of carbonyl (C=O) groups excluding carboxylic acids is 3. The van der Waals surface area contributed by atoms with Crippen molar-refractivity contribution in [1.82, 2.24) is 4.90 Å². The Hall–Kier alpha value is -2.80. The Morgan fingerprint density at radius 3 is 2.57 bits per heavy atom. The number of thioether (sulfide) groups is 1. The van der Waals surface area contributed by atoms with E-state index >= 15 is 0 Å². The third-order valence-corrected chi connectivity index (χ3v) is 5.53. The molecule has 3 rings (SSSR count). The molecule has 0 aromatic heterocycles. The minimum atomic E-state index is -0.568. The van der Waals surface area contributed by atoms with Crippen LogP contribution in [0, 0.1) is 0 Å². The smallest absolute Gasteiger partial charge is 0.339 e. The zero-order chi connectivity index (χ0) is 20.1. The van der Waals surface area contributed by atoms with Gasteiger partial charge in [0.25, 0.3) is 5.91 Å². The molecular formula is C21H22N2O4S. The molecule has 0 radical (unpaired) electrons. The van der Waals surface area contributed by atoms with Gasteiger partial charge in [-0.15, -0.1) is 11.8 Å². The fourth-order valence-corrected chi connectivity index (χ4v) is 3.93. The molecule has 0 fully saturated rings. The van der Waals surface area contributed by atoms with Crippen LogP contribution < -0.4 is 4.90 Å². The lowest BCUT2D eigenvalue weighted by Crippen LogP contribution is -2.33. The van der Waals surface area contributed by atoms with Gasteiger partial charge in [0, 0.05) is 31.2 Å². The molecular weight excluding hydrogens is 376 g/mol. The molecule has 0 bridgehead atoms. The second kappa shape index (κ2) is 8.93. The number of nitrogens with zero attached hydrogens (tertiary/aromatic N) is 2. The Kier molecular flexibility index (Phi) is 6.36. The first kappa shape index (κ1) is 19.9. The Labute approximate surface area is 168 Å². The van der Waals surface area contributed by atoms with E-state index in [4.69, 9.17) is 4.74 Å². The molecule has 6 nitrogen and oxygen atoms in total. The third kappa shape index (κ3) is 4.54. The Bertz CT molecular complexity index is 897. The summed E-state index contributed by atoms with van der Waals surface area (Å²) in [4.78, 5) is 40.6. The van der Waals surface area contributed by atoms with Crippen LogP contribution in [0.25, 0.3) is 0 Å². The lowest BCUT2D eigenvalue weighted by Gasteiger charge is -2.17. The molecule has 28 heavy (non-hydrogen) atoms. The summed E-state index contributed by atoms with van der Waals surface area (Å²) in [6, 6.07) is 14.7. The Balaban J connectivity index is 1.61. The number of rotatable bonds is 6. The summed E-state index contributed by atoms with van der Waals surface area (Å²) in [6.07, 6.45) is 0.801. The molecule has 0 aliphatic carbocycles. The maximum atomic E-state index is 12.5. The van der Waals surface area contributed by atoms with Crippen molar-refractivity contribution in [2.24, 2.45) is 0 Å². The summed E-state index contributed by atoms with van der Waals surface area (Å²) in [5, 5.41) is 0. The van der Waals surface area contributed by atoms with Crippen molar-refractivity contribution >= 4 is 35.2 Å². The molecule has 1 aliphatic heterocycles. The van der Waals surface area contributed by atoms with Crippen molar-refractivity contribution in [3.05, 3.63) is 59.7 Å². The van der Waals surface area contributed by atoms with E-state index in [2.05, 4.69) is 0 Å². The highest BCUT2D eigenvalue weighted by molar-refractivity contribution is 8.00. The van der Waals surface area contributed by atoms with Gasteiger partial charge in [-0.3, -0.25) is 9.59 Å². The number of esters is 1. The zero-order valence-corrected chi connectivity index (χ0v) is 16.7. The summed E-state index contributed by atoms with van der Waals surface area (Å²) in [7, 11) is 3.37. The van der Waals surface area contributed by atoms with E-state index in [1.165, 1.54) is 16.7 Å². The average Bonchev–Trinajstić information content (AvgIpc) is 3.14. The van der Waals surface area contributed by atoms with E-state index in [1.54, 1.807) is 43.3 Å². The largest absolute Gasteiger partial charge is 0.452 e. The van der Waals surface area contributed by atoms with E-state index in [1.807, 2.05) is 24.3 Å². The monoisotopic (exact) mass is 398 g/mol. The summed E-state index contributed by atoms with van der Waals surface area (Å²) in [5.41, 5.74) is 2.35. The quantitative estimate of drug-likeness (QED) is 0.553. The molecule has 146 valence electrons. The molecule has 1 aliphatic rings. The van der Waals surface area contributed by atoms with E-state index in [9.17, 15) is 14.4 Å². The van der Waals surface area contributed by atoms with Crippen LogP contribution in [-0.2, 0) is 20.7 Å². The molecule has 0 unspecified atom stereocenters. The maximum absolute atomic E-state index is 12.5. The van der Waals surface area contributed by atoms with Crippen molar-refractivity contribution in [1.29, 1.82) is 0 Å². The van der Waals surface area contributed by atoms with Crippen LogP contribution in [0.2, 0.25) is 0 Å². The fourth-order valence-electron chi connectivity index (χ4n) is 2.91. The number of carbonyl (C=O) groups is 3. The fraction of sp³-hybridized carbons (Fsp3) is 0.286. The molecule has 7 heteroatoms. The number of anilines is 1. The van der Waals surface area contributed by atoms with Crippen molar-refractivity contribution in [3.63, 3.8) is 0 Å². The number of benzene rings is 2. The Morgan fingerprint density at radius 1 is 1.07 bits per heavy atom. The van der Waals surface area contributed by atoms with Crippen molar-refractivity contribution in [2.75, 3.05) is 37.9 Å². The van der Waals surface area contributed by atoms with E-state index in [0.29, 0.717) is 17.0 Å². The van der Waals surface area contributed by atoms with E-state index in [0.717, 1.165) is 17.7 Å². The van der Waals surface area contributed by atoms with Gasteiger partial charge in [0.05, 0.1) is 11.3 Å². The molecule has 0 atom stereocenters. The molecule has 2 amide bonds. The first-order valence-corrected chi connectivity index (χ1v) is 9.93. The topological polar surface area (TPSA) is 66.9 Å². The molecule has 2 aromatic carbocycles. The van der Waals surface area contributed by atoms with Crippen molar-refractivity contribution < 1.29 is 19.1 Å². The van der Waals surface area contributed by atoms with Gasteiger partial charge in [-0.05, 0) is 30.2 Å².